The van der Waals surface area contributed by atoms with Gasteiger partial charge in [-0.1, -0.05) is 66.7 Å². The van der Waals surface area contributed by atoms with Crippen molar-refractivity contribution in [2.24, 2.45) is 4.99 Å². The summed E-state index contributed by atoms with van der Waals surface area (Å²) in [7, 11) is 0. The van der Waals surface area contributed by atoms with E-state index in [1.807, 2.05) is 66.7 Å². The molecular weight excluding hydrogens is 396 g/mol. The van der Waals surface area contributed by atoms with E-state index in [4.69, 9.17) is 4.99 Å². The van der Waals surface area contributed by atoms with Gasteiger partial charge in [0.15, 0.2) is 5.78 Å². The summed E-state index contributed by atoms with van der Waals surface area (Å²) >= 11 is 0. The number of hydrogen-bond donors (Lipinski definition) is 0. The Hall–Kier alpha value is -3.86. The molecule has 0 N–H and O–H groups in total. The number of aliphatic imine (C=N–C) groups is 1. The number of alkyl halides is 2. The van der Waals surface area contributed by atoms with Gasteiger partial charge >= 0.3 is 6.61 Å². The number of Topliss-reactive ketones (excluding diaryl/α,β-unsaturated/α-hetero) is 1. The Kier molecular flexibility index (Phi) is 4.79. The second kappa shape index (κ2) is 7.76. The second-order valence-corrected chi connectivity index (χ2v) is 7.32. The van der Waals surface area contributed by atoms with Crippen LogP contribution in [-0.2, 0) is 0 Å². The molecule has 1 aliphatic rings. The minimum atomic E-state index is -2.88. The Balaban J connectivity index is 1.61. The first-order valence-corrected chi connectivity index (χ1v) is 9.86. The van der Waals surface area contributed by atoms with Crippen LogP contribution >= 0.6 is 0 Å². The van der Waals surface area contributed by atoms with E-state index in [1.54, 1.807) is 12.1 Å². The van der Waals surface area contributed by atoms with Crippen LogP contribution < -0.4 is 4.74 Å². The summed E-state index contributed by atoms with van der Waals surface area (Å²) in [6, 6.07) is 27.5. The molecule has 0 heterocycles. The van der Waals surface area contributed by atoms with Crippen molar-refractivity contribution >= 4 is 28.0 Å². The van der Waals surface area contributed by atoms with Gasteiger partial charge < -0.3 is 4.74 Å². The summed E-state index contributed by atoms with van der Waals surface area (Å²) in [5.74, 6) is -0.464. The molecule has 152 valence electrons. The first-order valence-electron chi connectivity index (χ1n) is 9.86. The van der Waals surface area contributed by atoms with Crippen molar-refractivity contribution in [2.45, 2.75) is 12.5 Å². The quantitative estimate of drug-likeness (QED) is 0.381. The number of halogens is 2. The fourth-order valence-electron chi connectivity index (χ4n) is 4.02. The molecule has 1 unspecified atom stereocenters. The Morgan fingerprint density at radius 2 is 1.45 bits per heavy atom. The molecule has 1 aliphatic carbocycles. The Labute approximate surface area is 177 Å². The second-order valence-electron chi connectivity index (χ2n) is 7.32. The molecule has 0 saturated carbocycles. The lowest BCUT2D eigenvalue weighted by Crippen LogP contribution is -2.13. The maximum atomic E-state index is 13.3. The Bertz CT molecular complexity index is 1310. The number of rotatable bonds is 4. The smallest absolute Gasteiger partial charge is 0.387 e. The lowest BCUT2D eigenvalue weighted by molar-refractivity contribution is -0.0498. The summed E-state index contributed by atoms with van der Waals surface area (Å²) in [5, 5.41) is 2.15. The lowest BCUT2D eigenvalue weighted by atomic mass is 9.91. The number of ether oxygens (including phenoxy) is 1. The Morgan fingerprint density at radius 3 is 2.19 bits per heavy atom. The summed E-state index contributed by atoms with van der Waals surface area (Å²) in [6.45, 7) is -2.88. The van der Waals surface area contributed by atoms with E-state index in [9.17, 15) is 13.6 Å². The topological polar surface area (TPSA) is 38.7 Å². The zero-order valence-corrected chi connectivity index (χ0v) is 16.3. The van der Waals surface area contributed by atoms with Gasteiger partial charge in [-0.25, -0.2) is 0 Å². The van der Waals surface area contributed by atoms with Crippen LogP contribution in [0.1, 0.15) is 27.4 Å². The molecule has 0 saturated heterocycles. The SMILES string of the molecule is O=C1c2ccccc2C(=Nc2ccc(OC(F)F)cc2)C1c1ccc2ccccc2c1. The van der Waals surface area contributed by atoms with Gasteiger partial charge in [-0.05, 0) is 40.6 Å². The van der Waals surface area contributed by atoms with Crippen molar-refractivity contribution in [3.63, 3.8) is 0 Å². The molecule has 0 aromatic heterocycles. The van der Waals surface area contributed by atoms with Crippen LogP contribution in [0.5, 0.6) is 5.75 Å². The van der Waals surface area contributed by atoms with Gasteiger partial charge in [0, 0.05) is 11.1 Å². The zero-order valence-electron chi connectivity index (χ0n) is 16.3. The summed E-state index contributed by atoms with van der Waals surface area (Å²) in [5.41, 5.74) is 3.51. The molecule has 4 aromatic carbocycles. The van der Waals surface area contributed by atoms with Gasteiger partial charge in [0.2, 0.25) is 0 Å². The van der Waals surface area contributed by atoms with E-state index >= 15 is 0 Å². The van der Waals surface area contributed by atoms with Crippen LogP contribution in [0.2, 0.25) is 0 Å². The first kappa shape index (κ1) is 19.1. The van der Waals surface area contributed by atoms with E-state index in [-0.39, 0.29) is 11.5 Å². The minimum absolute atomic E-state index is 0.00212. The van der Waals surface area contributed by atoms with Crippen LogP contribution in [0.4, 0.5) is 14.5 Å². The van der Waals surface area contributed by atoms with Crippen molar-refractivity contribution in [3.8, 4) is 5.75 Å². The highest BCUT2D eigenvalue weighted by molar-refractivity contribution is 6.32. The van der Waals surface area contributed by atoms with Crippen LogP contribution in [0.3, 0.4) is 0 Å². The Morgan fingerprint density at radius 1 is 0.774 bits per heavy atom. The summed E-state index contributed by atoms with van der Waals surface area (Å²) in [4.78, 5) is 18.1. The third kappa shape index (κ3) is 3.59. The predicted octanol–water partition coefficient (Wildman–Crippen LogP) is 6.54. The van der Waals surface area contributed by atoms with E-state index in [0.29, 0.717) is 17.0 Å². The van der Waals surface area contributed by atoms with Gasteiger partial charge in [0.25, 0.3) is 0 Å². The first-order chi connectivity index (χ1) is 15.1. The van der Waals surface area contributed by atoms with E-state index < -0.39 is 12.5 Å². The highest BCUT2D eigenvalue weighted by Crippen LogP contribution is 2.37. The molecule has 0 spiro atoms. The fourth-order valence-corrected chi connectivity index (χ4v) is 4.02. The number of carbonyl (C=O) groups is 1. The van der Waals surface area contributed by atoms with Crippen molar-refractivity contribution in [1.29, 1.82) is 0 Å². The summed E-state index contributed by atoms with van der Waals surface area (Å²) in [6.07, 6.45) is 0. The van der Waals surface area contributed by atoms with Crippen LogP contribution in [-0.4, -0.2) is 18.1 Å². The molecule has 4 aromatic rings. The maximum absolute atomic E-state index is 13.3. The van der Waals surface area contributed by atoms with Gasteiger partial charge in [0.05, 0.1) is 17.3 Å². The fraction of sp³-hybridized carbons (Fsp3) is 0.0769. The number of benzene rings is 4. The molecular formula is C26H17F2NO2. The molecule has 31 heavy (non-hydrogen) atoms. The van der Waals surface area contributed by atoms with Crippen molar-refractivity contribution in [3.05, 3.63) is 108 Å². The third-order valence-electron chi connectivity index (χ3n) is 5.42. The van der Waals surface area contributed by atoms with Crippen molar-refractivity contribution in [1.82, 2.24) is 0 Å². The monoisotopic (exact) mass is 413 g/mol. The summed E-state index contributed by atoms with van der Waals surface area (Å²) < 4.78 is 29.2. The molecule has 0 amide bonds. The number of ketones is 1. The zero-order chi connectivity index (χ0) is 21.4. The molecule has 3 nitrogen and oxygen atoms in total. The molecule has 5 rings (SSSR count). The molecule has 0 radical (unpaired) electrons. The van der Waals surface area contributed by atoms with Gasteiger partial charge in [-0.15, -0.1) is 0 Å². The molecule has 0 aliphatic heterocycles. The van der Waals surface area contributed by atoms with Crippen LogP contribution in [0.15, 0.2) is 96.0 Å². The highest BCUT2D eigenvalue weighted by Gasteiger charge is 2.37. The number of hydrogen-bond acceptors (Lipinski definition) is 3. The van der Waals surface area contributed by atoms with Crippen LogP contribution in [0, 0.1) is 0 Å². The van der Waals surface area contributed by atoms with Crippen molar-refractivity contribution < 1.29 is 18.3 Å². The number of carbonyl (C=O) groups excluding carboxylic acids is 1. The molecule has 0 fully saturated rings. The normalized spacial score (nSPS) is 16.8. The average molecular weight is 413 g/mol. The van der Waals surface area contributed by atoms with E-state index in [0.717, 1.165) is 21.9 Å². The maximum Gasteiger partial charge on any atom is 0.387 e. The van der Waals surface area contributed by atoms with E-state index in [2.05, 4.69) is 4.74 Å². The van der Waals surface area contributed by atoms with Crippen molar-refractivity contribution in [2.75, 3.05) is 0 Å². The largest absolute Gasteiger partial charge is 0.435 e. The van der Waals surface area contributed by atoms with Gasteiger partial charge in [-0.2, -0.15) is 8.78 Å². The molecule has 1 atom stereocenters. The number of nitrogens with zero attached hydrogens (tertiary/aromatic N) is 1. The lowest BCUT2D eigenvalue weighted by Gasteiger charge is -2.13. The van der Waals surface area contributed by atoms with Gasteiger partial charge in [-0.3, -0.25) is 9.79 Å². The average Bonchev–Trinajstić information content (AvgIpc) is 3.06. The molecule has 5 heteroatoms. The third-order valence-corrected chi connectivity index (χ3v) is 5.42. The minimum Gasteiger partial charge on any atom is -0.435 e. The van der Waals surface area contributed by atoms with Crippen LogP contribution in [0.25, 0.3) is 10.8 Å². The highest BCUT2D eigenvalue weighted by atomic mass is 19.3. The number of fused-ring (bicyclic) bond motifs is 2. The standard InChI is InChI=1S/C26H17F2NO2/c27-26(28)31-20-13-11-19(12-14-20)29-24-21-7-3-4-8-22(21)25(30)23(24)18-10-9-16-5-1-2-6-17(16)15-18/h1-15,23,26H. The predicted molar refractivity (Wildman–Crippen MR) is 117 cm³/mol. The molecule has 0 bridgehead atoms. The van der Waals surface area contributed by atoms with E-state index in [1.165, 1.54) is 12.1 Å². The van der Waals surface area contributed by atoms with Gasteiger partial charge in [0.1, 0.15) is 5.75 Å².